The van der Waals surface area contributed by atoms with Gasteiger partial charge in [-0.05, 0) is 33.3 Å². The third-order valence-electron chi connectivity index (χ3n) is 1.71. The summed E-state index contributed by atoms with van der Waals surface area (Å²) in [7, 11) is 0. The molecular formula is C9H7BrN6O. The van der Waals surface area contributed by atoms with Gasteiger partial charge in [0.1, 0.15) is 5.82 Å². The Bertz CT molecular complexity index is 503. The van der Waals surface area contributed by atoms with Crippen LogP contribution in [0.4, 0.5) is 16.4 Å². The number of nitrogens with zero attached hydrogens (tertiary/aromatic N) is 4. The first-order valence-electron chi connectivity index (χ1n) is 4.58. The van der Waals surface area contributed by atoms with Crippen molar-refractivity contribution < 1.29 is 4.79 Å². The van der Waals surface area contributed by atoms with Crippen molar-refractivity contribution in [2.75, 3.05) is 10.6 Å². The van der Waals surface area contributed by atoms with E-state index in [2.05, 4.69) is 47.0 Å². The molecule has 0 fully saturated rings. The van der Waals surface area contributed by atoms with E-state index in [1.807, 2.05) is 0 Å². The van der Waals surface area contributed by atoms with Crippen LogP contribution in [-0.2, 0) is 0 Å². The lowest BCUT2D eigenvalue weighted by Crippen LogP contribution is -2.20. The van der Waals surface area contributed by atoms with E-state index in [0.29, 0.717) is 11.6 Å². The summed E-state index contributed by atoms with van der Waals surface area (Å²) >= 11 is 3.25. The highest BCUT2D eigenvalue weighted by Crippen LogP contribution is 2.10. The van der Waals surface area contributed by atoms with Crippen LogP contribution >= 0.6 is 15.9 Å². The molecule has 0 spiro atoms. The number of hydrogen-bond donors (Lipinski definition) is 2. The lowest BCUT2D eigenvalue weighted by Gasteiger charge is -2.04. The van der Waals surface area contributed by atoms with E-state index < -0.39 is 6.03 Å². The van der Waals surface area contributed by atoms with Crippen LogP contribution in [0.5, 0.6) is 0 Å². The summed E-state index contributed by atoms with van der Waals surface area (Å²) in [6.45, 7) is 0. The Labute approximate surface area is 105 Å². The first-order valence-corrected chi connectivity index (χ1v) is 5.37. The van der Waals surface area contributed by atoms with E-state index in [9.17, 15) is 4.79 Å². The van der Waals surface area contributed by atoms with Crippen LogP contribution in [0.2, 0.25) is 0 Å². The standard InChI is InChI=1S/C9H7BrN6O/c10-6-1-2-7(11-5-6)13-9(17)14-8-3-4-12-16-15-8/h1-5H,(H2,11,12,13,14,15,17). The molecular weight excluding hydrogens is 288 g/mol. The summed E-state index contributed by atoms with van der Waals surface area (Å²) in [4.78, 5) is 15.5. The minimum Gasteiger partial charge on any atom is -0.292 e. The molecule has 17 heavy (non-hydrogen) atoms. The first kappa shape index (κ1) is 11.4. The molecule has 8 heteroatoms. The molecule has 2 aromatic heterocycles. The number of amides is 2. The van der Waals surface area contributed by atoms with Gasteiger partial charge in [0.15, 0.2) is 5.82 Å². The quantitative estimate of drug-likeness (QED) is 0.879. The zero-order valence-corrected chi connectivity index (χ0v) is 10.0. The lowest BCUT2D eigenvalue weighted by molar-refractivity contribution is 0.262. The van der Waals surface area contributed by atoms with E-state index in [1.54, 1.807) is 18.3 Å². The van der Waals surface area contributed by atoms with E-state index in [1.165, 1.54) is 12.3 Å². The smallest absolute Gasteiger partial charge is 0.292 e. The molecule has 7 nitrogen and oxygen atoms in total. The summed E-state index contributed by atoms with van der Waals surface area (Å²) in [6, 6.07) is 4.53. The van der Waals surface area contributed by atoms with Crippen LogP contribution in [0.15, 0.2) is 35.1 Å². The molecule has 0 unspecified atom stereocenters. The van der Waals surface area contributed by atoms with Gasteiger partial charge < -0.3 is 0 Å². The Morgan fingerprint density at radius 1 is 1.18 bits per heavy atom. The maximum absolute atomic E-state index is 11.5. The number of hydrogen-bond acceptors (Lipinski definition) is 5. The van der Waals surface area contributed by atoms with E-state index in [0.717, 1.165) is 4.47 Å². The molecule has 0 saturated carbocycles. The lowest BCUT2D eigenvalue weighted by atomic mass is 10.5. The van der Waals surface area contributed by atoms with Gasteiger partial charge in [0.2, 0.25) is 0 Å². The van der Waals surface area contributed by atoms with Crippen molar-refractivity contribution in [2.24, 2.45) is 0 Å². The first-order chi connectivity index (χ1) is 8.24. The van der Waals surface area contributed by atoms with Crippen LogP contribution in [0.3, 0.4) is 0 Å². The summed E-state index contributed by atoms with van der Waals surface area (Å²) in [5, 5.41) is 15.5. The molecule has 0 radical (unpaired) electrons. The van der Waals surface area contributed by atoms with Gasteiger partial charge in [-0.1, -0.05) is 0 Å². The second kappa shape index (κ2) is 5.30. The number of anilines is 2. The Kier molecular flexibility index (Phi) is 3.55. The molecule has 2 aromatic rings. The molecule has 0 aliphatic carbocycles. The predicted octanol–water partition coefficient (Wildman–Crippen LogP) is 1.67. The van der Waals surface area contributed by atoms with Crippen molar-refractivity contribution in [3.63, 3.8) is 0 Å². The Morgan fingerprint density at radius 2 is 2.00 bits per heavy atom. The number of rotatable bonds is 2. The molecule has 2 N–H and O–H groups in total. The minimum absolute atomic E-state index is 0.314. The van der Waals surface area contributed by atoms with Crippen LogP contribution in [-0.4, -0.2) is 26.4 Å². The predicted molar refractivity (Wildman–Crippen MR) is 64.4 cm³/mol. The highest BCUT2D eigenvalue weighted by molar-refractivity contribution is 9.10. The number of carbonyl (C=O) groups excluding carboxylic acids is 1. The molecule has 2 heterocycles. The number of nitrogens with one attached hydrogen (secondary N) is 2. The number of carbonyl (C=O) groups is 1. The van der Waals surface area contributed by atoms with Gasteiger partial charge in [0.25, 0.3) is 0 Å². The molecule has 0 saturated heterocycles. The monoisotopic (exact) mass is 294 g/mol. The Balaban J connectivity index is 1.96. The average Bonchev–Trinajstić information content (AvgIpc) is 2.33. The second-order valence-electron chi connectivity index (χ2n) is 2.95. The van der Waals surface area contributed by atoms with E-state index in [-0.39, 0.29) is 0 Å². The summed E-state index contributed by atoms with van der Waals surface area (Å²) in [5.41, 5.74) is 0. The highest BCUT2D eigenvalue weighted by atomic mass is 79.9. The molecule has 0 aliphatic heterocycles. The van der Waals surface area contributed by atoms with E-state index in [4.69, 9.17) is 0 Å². The van der Waals surface area contributed by atoms with Crippen molar-refractivity contribution in [2.45, 2.75) is 0 Å². The van der Waals surface area contributed by atoms with Crippen LogP contribution in [0.25, 0.3) is 0 Å². The van der Waals surface area contributed by atoms with Gasteiger partial charge in [-0.25, -0.2) is 9.78 Å². The average molecular weight is 295 g/mol. The number of pyridine rings is 1. The van der Waals surface area contributed by atoms with Crippen molar-refractivity contribution >= 4 is 33.6 Å². The van der Waals surface area contributed by atoms with Crippen molar-refractivity contribution in [3.05, 3.63) is 35.1 Å². The van der Waals surface area contributed by atoms with Crippen LogP contribution < -0.4 is 10.6 Å². The zero-order valence-electron chi connectivity index (χ0n) is 8.46. The fourth-order valence-electron chi connectivity index (χ4n) is 1.02. The third-order valence-corrected chi connectivity index (χ3v) is 2.18. The SMILES string of the molecule is O=C(Nc1ccc(Br)cn1)Nc1ccnnn1. The number of aromatic nitrogens is 4. The van der Waals surface area contributed by atoms with Crippen molar-refractivity contribution in [1.82, 2.24) is 20.4 Å². The maximum atomic E-state index is 11.5. The van der Waals surface area contributed by atoms with Crippen LogP contribution in [0.1, 0.15) is 0 Å². The largest absolute Gasteiger partial charge is 0.326 e. The van der Waals surface area contributed by atoms with Gasteiger partial charge in [-0.15, -0.1) is 10.2 Å². The highest BCUT2D eigenvalue weighted by Gasteiger charge is 2.04. The topological polar surface area (TPSA) is 92.7 Å². The fourth-order valence-corrected chi connectivity index (χ4v) is 1.26. The molecule has 2 rings (SSSR count). The van der Waals surface area contributed by atoms with E-state index >= 15 is 0 Å². The van der Waals surface area contributed by atoms with Crippen LogP contribution in [0, 0.1) is 0 Å². The van der Waals surface area contributed by atoms with Gasteiger partial charge >= 0.3 is 6.03 Å². The summed E-state index contributed by atoms with van der Waals surface area (Å²) in [5.74, 6) is 0.752. The van der Waals surface area contributed by atoms with Gasteiger partial charge in [-0.3, -0.25) is 10.6 Å². The minimum atomic E-state index is -0.444. The Hall–Kier alpha value is -2.09. The fraction of sp³-hybridized carbons (Fsp3) is 0. The zero-order chi connectivity index (χ0) is 12.1. The molecule has 2 amide bonds. The molecule has 86 valence electrons. The normalized spacial score (nSPS) is 9.71. The molecule has 0 bridgehead atoms. The molecule has 0 aliphatic rings. The number of halogens is 1. The molecule has 0 aromatic carbocycles. The maximum Gasteiger partial charge on any atom is 0.326 e. The van der Waals surface area contributed by atoms with Crippen molar-refractivity contribution in [1.29, 1.82) is 0 Å². The van der Waals surface area contributed by atoms with Gasteiger partial charge in [-0.2, -0.15) is 0 Å². The third kappa shape index (κ3) is 3.45. The van der Waals surface area contributed by atoms with Crippen molar-refractivity contribution in [3.8, 4) is 0 Å². The summed E-state index contributed by atoms with van der Waals surface area (Å²) < 4.78 is 0.837. The van der Waals surface area contributed by atoms with Gasteiger partial charge in [0.05, 0.1) is 6.20 Å². The summed E-state index contributed by atoms with van der Waals surface area (Å²) in [6.07, 6.45) is 3.02. The molecule has 0 atom stereocenters. The van der Waals surface area contributed by atoms with Gasteiger partial charge in [0, 0.05) is 16.7 Å². The Morgan fingerprint density at radius 3 is 2.65 bits per heavy atom. The number of urea groups is 1. The second-order valence-corrected chi connectivity index (χ2v) is 3.86.